The summed E-state index contributed by atoms with van der Waals surface area (Å²) in [6, 6.07) is 4.33. The van der Waals surface area contributed by atoms with E-state index in [0.717, 1.165) is 37.9 Å². The predicted molar refractivity (Wildman–Crippen MR) is 122 cm³/mol. The van der Waals surface area contributed by atoms with Crippen molar-refractivity contribution in [2.45, 2.75) is 46.1 Å². The van der Waals surface area contributed by atoms with Crippen LogP contribution in [0.1, 0.15) is 39.2 Å². The summed E-state index contributed by atoms with van der Waals surface area (Å²) in [5.41, 5.74) is 1.17. The van der Waals surface area contributed by atoms with Crippen LogP contribution in [-0.2, 0) is 6.42 Å². The van der Waals surface area contributed by atoms with Gasteiger partial charge in [-0.2, -0.15) is 0 Å². The monoisotopic (exact) mass is 493 g/mol. The topological polar surface area (TPSA) is 52.6 Å². The third-order valence-electron chi connectivity index (χ3n) is 4.66. The average molecular weight is 494 g/mol. The molecular weight excluding hydrogens is 461 g/mol. The Morgan fingerprint density at radius 2 is 2.23 bits per heavy atom. The van der Waals surface area contributed by atoms with E-state index < -0.39 is 0 Å². The molecule has 1 aliphatic heterocycles. The van der Waals surface area contributed by atoms with Gasteiger partial charge in [-0.3, -0.25) is 9.89 Å². The van der Waals surface area contributed by atoms with E-state index >= 15 is 0 Å². The number of nitrogens with one attached hydrogen (secondary N) is 2. The van der Waals surface area contributed by atoms with E-state index in [0.29, 0.717) is 11.2 Å². The molecule has 0 saturated carbocycles. The van der Waals surface area contributed by atoms with E-state index in [1.54, 1.807) is 0 Å². The lowest BCUT2D eigenvalue weighted by molar-refractivity contribution is 0.142. The summed E-state index contributed by atoms with van der Waals surface area (Å²) in [6.45, 7) is 11.6. The number of piperidine rings is 1. The zero-order chi connectivity index (χ0) is 18.1. The van der Waals surface area contributed by atoms with Crippen LogP contribution in [0.15, 0.2) is 23.3 Å². The molecule has 0 radical (unpaired) electrons. The number of rotatable bonds is 7. The van der Waals surface area contributed by atoms with E-state index in [-0.39, 0.29) is 24.0 Å². The molecule has 0 aliphatic carbocycles. The highest BCUT2D eigenvalue weighted by Crippen LogP contribution is 2.17. The maximum absolute atomic E-state index is 5.82. The first kappa shape index (κ1) is 23.4. The Bertz CT molecular complexity index is 537. The van der Waals surface area contributed by atoms with E-state index in [9.17, 15) is 0 Å². The maximum atomic E-state index is 5.82. The van der Waals surface area contributed by atoms with Crippen molar-refractivity contribution in [3.05, 3.63) is 29.0 Å². The van der Waals surface area contributed by atoms with Gasteiger partial charge in [-0.05, 0) is 57.2 Å². The van der Waals surface area contributed by atoms with Crippen LogP contribution >= 0.6 is 35.6 Å². The summed E-state index contributed by atoms with van der Waals surface area (Å²) in [5.74, 6) is 1.70. The standard InChI is InChI=1S/C19H32ClN5.HI/c1-4-21-19(22-10-9-17-7-8-18(20)23-13-17)24-12-16(3)25-11-5-6-15(2)14-25;/h7-8,13,15-16H,4-6,9-12,14H2,1-3H3,(H2,21,22,24);1H. The molecule has 1 aromatic rings. The van der Waals surface area contributed by atoms with Gasteiger partial charge in [0.2, 0.25) is 0 Å². The highest BCUT2D eigenvalue weighted by molar-refractivity contribution is 14.0. The number of nitrogens with zero attached hydrogens (tertiary/aromatic N) is 3. The SMILES string of the molecule is CCNC(=NCC(C)N1CCCC(C)C1)NCCc1ccc(Cl)nc1.I. The molecule has 1 aliphatic rings. The van der Waals surface area contributed by atoms with Crippen LogP contribution in [0.4, 0.5) is 0 Å². The van der Waals surface area contributed by atoms with Crippen LogP contribution < -0.4 is 10.6 Å². The van der Waals surface area contributed by atoms with Gasteiger partial charge in [-0.1, -0.05) is 24.6 Å². The fourth-order valence-electron chi connectivity index (χ4n) is 3.19. The van der Waals surface area contributed by atoms with Gasteiger partial charge >= 0.3 is 0 Å². The van der Waals surface area contributed by atoms with Crippen molar-refractivity contribution >= 4 is 41.5 Å². The molecule has 0 bridgehead atoms. The lowest BCUT2D eigenvalue weighted by Gasteiger charge is -2.35. The lowest BCUT2D eigenvalue weighted by atomic mass is 9.99. The normalized spacial score (nSPS) is 19.5. The van der Waals surface area contributed by atoms with Crippen LogP contribution in [0.25, 0.3) is 0 Å². The van der Waals surface area contributed by atoms with Gasteiger partial charge in [-0.25, -0.2) is 4.98 Å². The van der Waals surface area contributed by atoms with Crippen molar-refractivity contribution in [3.63, 3.8) is 0 Å². The second kappa shape index (κ2) is 12.7. The molecule has 26 heavy (non-hydrogen) atoms. The van der Waals surface area contributed by atoms with Crippen LogP contribution in [-0.4, -0.2) is 54.6 Å². The van der Waals surface area contributed by atoms with Crippen LogP contribution in [0.5, 0.6) is 0 Å². The number of guanidine groups is 1. The van der Waals surface area contributed by atoms with Crippen molar-refractivity contribution in [1.82, 2.24) is 20.5 Å². The first-order chi connectivity index (χ1) is 12.1. The largest absolute Gasteiger partial charge is 0.357 e. The average Bonchev–Trinajstić information content (AvgIpc) is 2.61. The van der Waals surface area contributed by atoms with E-state index in [4.69, 9.17) is 16.6 Å². The minimum absolute atomic E-state index is 0. The minimum atomic E-state index is 0. The third kappa shape index (κ3) is 8.39. The Morgan fingerprint density at radius 3 is 2.88 bits per heavy atom. The molecule has 0 amide bonds. The first-order valence-electron chi connectivity index (χ1n) is 9.45. The minimum Gasteiger partial charge on any atom is -0.357 e. The second-order valence-electron chi connectivity index (χ2n) is 6.98. The Hall–Kier alpha value is -0.600. The molecule has 2 unspecified atom stereocenters. The predicted octanol–water partition coefficient (Wildman–Crippen LogP) is 3.57. The zero-order valence-corrected chi connectivity index (χ0v) is 19.3. The molecule has 2 atom stereocenters. The molecule has 1 aromatic heterocycles. The molecule has 7 heteroatoms. The number of pyridine rings is 1. The summed E-state index contributed by atoms with van der Waals surface area (Å²) in [6.07, 6.45) is 5.39. The third-order valence-corrected chi connectivity index (χ3v) is 4.89. The van der Waals surface area contributed by atoms with E-state index in [2.05, 4.69) is 41.3 Å². The van der Waals surface area contributed by atoms with Crippen molar-refractivity contribution in [1.29, 1.82) is 0 Å². The fraction of sp³-hybridized carbons (Fsp3) is 0.684. The molecule has 148 valence electrons. The quantitative estimate of drug-likeness (QED) is 0.264. The van der Waals surface area contributed by atoms with Gasteiger partial charge in [-0.15, -0.1) is 24.0 Å². The van der Waals surface area contributed by atoms with Gasteiger partial charge < -0.3 is 10.6 Å². The van der Waals surface area contributed by atoms with Crippen molar-refractivity contribution in [3.8, 4) is 0 Å². The number of aliphatic imine (C=N–C) groups is 1. The van der Waals surface area contributed by atoms with Gasteiger partial charge in [0.05, 0.1) is 6.54 Å². The molecule has 0 aromatic carbocycles. The molecule has 2 heterocycles. The number of hydrogen-bond donors (Lipinski definition) is 2. The summed E-state index contributed by atoms with van der Waals surface area (Å²) in [7, 11) is 0. The molecular formula is C19H33ClIN5. The van der Waals surface area contributed by atoms with Crippen molar-refractivity contribution in [2.24, 2.45) is 10.9 Å². The molecule has 0 spiro atoms. The van der Waals surface area contributed by atoms with E-state index in [1.165, 1.54) is 31.5 Å². The Morgan fingerprint density at radius 1 is 1.42 bits per heavy atom. The van der Waals surface area contributed by atoms with Crippen molar-refractivity contribution in [2.75, 3.05) is 32.7 Å². The van der Waals surface area contributed by atoms with Crippen LogP contribution in [0.2, 0.25) is 5.15 Å². The zero-order valence-electron chi connectivity index (χ0n) is 16.2. The Labute approximate surface area is 180 Å². The smallest absolute Gasteiger partial charge is 0.191 e. The highest BCUT2D eigenvalue weighted by atomic mass is 127. The number of halogens is 2. The highest BCUT2D eigenvalue weighted by Gasteiger charge is 2.20. The lowest BCUT2D eigenvalue weighted by Crippen LogP contribution is -2.43. The molecule has 2 rings (SSSR count). The molecule has 5 nitrogen and oxygen atoms in total. The fourth-order valence-corrected chi connectivity index (χ4v) is 3.30. The van der Waals surface area contributed by atoms with Crippen molar-refractivity contribution < 1.29 is 0 Å². The Balaban J connectivity index is 0.00000338. The second-order valence-corrected chi connectivity index (χ2v) is 7.36. The number of likely N-dealkylation sites (tertiary alicyclic amines) is 1. The summed E-state index contributed by atoms with van der Waals surface area (Å²) < 4.78 is 0. The number of aromatic nitrogens is 1. The number of hydrogen-bond acceptors (Lipinski definition) is 3. The molecule has 1 saturated heterocycles. The van der Waals surface area contributed by atoms with Crippen LogP contribution in [0, 0.1) is 5.92 Å². The van der Waals surface area contributed by atoms with E-state index in [1.807, 2.05) is 18.3 Å². The van der Waals surface area contributed by atoms with Gasteiger partial charge in [0.1, 0.15) is 5.15 Å². The van der Waals surface area contributed by atoms with Gasteiger partial charge in [0, 0.05) is 31.9 Å². The summed E-state index contributed by atoms with van der Waals surface area (Å²) >= 11 is 5.82. The summed E-state index contributed by atoms with van der Waals surface area (Å²) in [5, 5.41) is 7.27. The van der Waals surface area contributed by atoms with Crippen LogP contribution in [0.3, 0.4) is 0 Å². The van der Waals surface area contributed by atoms with Gasteiger partial charge in [0.15, 0.2) is 5.96 Å². The Kier molecular flexibility index (Phi) is 11.5. The van der Waals surface area contributed by atoms with Gasteiger partial charge in [0.25, 0.3) is 0 Å². The summed E-state index contributed by atoms with van der Waals surface area (Å²) in [4.78, 5) is 11.5. The maximum Gasteiger partial charge on any atom is 0.191 e. The molecule has 2 N–H and O–H groups in total. The first-order valence-corrected chi connectivity index (χ1v) is 9.83. The molecule has 1 fully saturated rings.